The van der Waals surface area contributed by atoms with Gasteiger partial charge in [-0.15, -0.1) is 0 Å². The summed E-state index contributed by atoms with van der Waals surface area (Å²) in [5.41, 5.74) is 0.293. The Morgan fingerprint density at radius 2 is 1.83 bits per heavy atom. The van der Waals surface area contributed by atoms with Crippen LogP contribution < -0.4 is 10.4 Å². The SMILES string of the molecule is CC1CN(c2ccccc2)c2cc(Cl)c([B]CC(C)(C)C(C)(C)O)cc2S(=O)C1O. The zero-order valence-electron chi connectivity index (χ0n) is 18.2. The van der Waals surface area contributed by atoms with Crippen molar-refractivity contribution in [2.45, 2.75) is 56.9 Å². The number of anilines is 2. The third-order valence-electron chi connectivity index (χ3n) is 6.32. The average Bonchev–Trinajstić information content (AvgIpc) is 2.77. The molecule has 161 valence electrons. The lowest BCUT2D eigenvalue weighted by atomic mass is 9.56. The van der Waals surface area contributed by atoms with E-state index in [1.54, 1.807) is 13.8 Å². The molecule has 1 radical (unpaired) electrons. The molecule has 0 amide bonds. The molecule has 30 heavy (non-hydrogen) atoms. The van der Waals surface area contributed by atoms with Crippen LogP contribution in [0.25, 0.3) is 0 Å². The molecule has 1 aliphatic rings. The van der Waals surface area contributed by atoms with Gasteiger partial charge in [0.2, 0.25) is 0 Å². The smallest absolute Gasteiger partial charge is 0.154 e. The minimum atomic E-state index is -1.58. The highest BCUT2D eigenvalue weighted by atomic mass is 35.5. The number of hydrogen-bond acceptors (Lipinski definition) is 4. The topological polar surface area (TPSA) is 60.8 Å². The summed E-state index contributed by atoms with van der Waals surface area (Å²) in [4.78, 5) is 2.65. The van der Waals surface area contributed by atoms with Crippen molar-refractivity contribution in [2.24, 2.45) is 11.3 Å². The second-order valence-electron chi connectivity index (χ2n) is 9.30. The first-order valence-corrected chi connectivity index (χ1v) is 11.8. The molecule has 3 rings (SSSR count). The summed E-state index contributed by atoms with van der Waals surface area (Å²) in [7, 11) is 0.401. The molecular formula is C23H30BClNO3S. The summed E-state index contributed by atoms with van der Waals surface area (Å²) in [6.07, 6.45) is 0.600. The monoisotopic (exact) mass is 446 g/mol. The average molecular weight is 447 g/mol. The largest absolute Gasteiger partial charge is 0.390 e. The van der Waals surface area contributed by atoms with Crippen LogP contribution in [0.1, 0.15) is 34.6 Å². The van der Waals surface area contributed by atoms with Gasteiger partial charge in [-0.05, 0) is 43.5 Å². The van der Waals surface area contributed by atoms with Gasteiger partial charge in [-0.25, -0.2) is 0 Å². The standard InChI is InChI=1S/C23H30BClNO3S/c1-15-13-26(16-9-7-6-8-10-16)19-12-18(25)17(11-20(19)30(29)21(15)27)24-14-22(2,3)23(4,5)28/h6-12,15,21,27-28H,13-14H2,1-5H3. The molecular weight excluding hydrogens is 417 g/mol. The molecule has 3 atom stereocenters. The van der Waals surface area contributed by atoms with E-state index in [9.17, 15) is 14.4 Å². The summed E-state index contributed by atoms with van der Waals surface area (Å²) >= 11 is 6.65. The zero-order valence-corrected chi connectivity index (χ0v) is 19.8. The van der Waals surface area contributed by atoms with Crippen LogP contribution in [0.15, 0.2) is 47.4 Å². The highest BCUT2D eigenvalue weighted by Gasteiger charge is 2.36. The normalized spacial score (nSPS) is 22.4. The quantitative estimate of drug-likeness (QED) is 0.679. The van der Waals surface area contributed by atoms with Crippen molar-refractivity contribution in [3.8, 4) is 0 Å². The fraction of sp³-hybridized carbons (Fsp3) is 0.478. The number of para-hydroxylation sites is 1. The third kappa shape index (κ3) is 4.62. The van der Waals surface area contributed by atoms with E-state index < -0.39 is 21.8 Å². The van der Waals surface area contributed by atoms with E-state index in [1.165, 1.54) is 0 Å². The van der Waals surface area contributed by atoms with Crippen LogP contribution in [-0.2, 0) is 10.8 Å². The van der Waals surface area contributed by atoms with E-state index in [1.807, 2.05) is 70.5 Å². The Balaban J connectivity index is 2.04. The lowest BCUT2D eigenvalue weighted by Crippen LogP contribution is -2.40. The summed E-state index contributed by atoms with van der Waals surface area (Å²) in [6, 6.07) is 13.5. The molecule has 3 unspecified atom stereocenters. The van der Waals surface area contributed by atoms with Crippen LogP contribution in [-0.4, -0.2) is 39.3 Å². The maximum atomic E-state index is 13.2. The van der Waals surface area contributed by atoms with Crippen molar-refractivity contribution < 1.29 is 14.4 Å². The van der Waals surface area contributed by atoms with Crippen molar-refractivity contribution in [1.82, 2.24) is 0 Å². The highest BCUT2D eigenvalue weighted by Crippen LogP contribution is 2.38. The van der Waals surface area contributed by atoms with Gasteiger partial charge >= 0.3 is 0 Å². The van der Waals surface area contributed by atoms with Gasteiger partial charge in [0, 0.05) is 23.2 Å². The summed E-state index contributed by atoms with van der Waals surface area (Å²) in [5, 5.41) is 21.7. The second-order valence-corrected chi connectivity index (χ2v) is 11.2. The maximum absolute atomic E-state index is 13.2. The predicted octanol–water partition coefficient (Wildman–Crippen LogP) is 4.10. The molecule has 2 N–H and O–H groups in total. The minimum absolute atomic E-state index is 0.182. The molecule has 2 aromatic carbocycles. The van der Waals surface area contributed by atoms with Gasteiger partial charge in [-0.3, -0.25) is 4.21 Å². The second kappa shape index (κ2) is 8.66. The van der Waals surface area contributed by atoms with Crippen LogP contribution in [0.3, 0.4) is 0 Å². The van der Waals surface area contributed by atoms with Crippen LogP contribution in [0, 0.1) is 11.3 Å². The third-order valence-corrected chi connectivity index (χ3v) is 8.31. The Morgan fingerprint density at radius 1 is 1.20 bits per heavy atom. The Morgan fingerprint density at radius 3 is 2.43 bits per heavy atom. The van der Waals surface area contributed by atoms with E-state index in [-0.39, 0.29) is 11.3 Å². The number of halogens is 1. The molecule has 0 saturated carbocycles. The molecule has 2 aromatic rings. The van der Waals surface area contributed by atoms with Crippen LogP contribution in [0.2, 0.25) is 11.3 Å². The van der Waals surface area contributed by atoms with Gasteiger partial charge in [0.15, 0.2) is 7.28 Å². The number of aliphatic hydroxyl groups excluding tert-OH is 1. The predicted molar refractivity (Wildman–Crippen MR) is 127 cm³/mol. The van der Waals surface area contributed by atoms with Gasteiger partial charge in [0.1, 0.15) is 5.44 Å². The number of rotatable bonds is 5. The molecule has 0 fully saturated rings. The first kappa shape index (κ1) is 23.3. The Bertz CT molecular complexity index is 930. The van der Waals surface area contributed by atoms with Crippen molar-refractivity contribution in [1.29, 1.82) is 0 Å². The van der Waals surface area contributed by atoms with Crippen LogP contribution >= 0.6 is 11.6 Å². The molecule has 0 bridgehead atoms. The minimum Gasteiger partial charge on any atom is -0.390 e. The summed E-state index contributed by atoms with van der Waals surface area (Å²) in [5.74, 6) is -0.182. The maximum Gasteiger partial charge on any atom is 0.154 e. The van der Waals surface area contributed by atoms with Crippen molar-refractivity contribution in [2.75, 3.05) is 11.4 Å². The van der Waals surface area contributed by atoms with Gasteiger partial charge in [-0.2, -0.15) is 0 Å². The van der Waals surface area contributed by atoms with Gasteiger partial charge in [-0.1, -0.05) is 62.4 Å². The zero-order chi connectivity index (χ0) is 22.3. The molecule has 4 nitrogen and oxygen atoms in total. The molecule has 0 aliphatic carbocycles. The van der Waals surface area contributed by atoms with Crippen molar-refractivity contribution >= 4 is 46.5 Å². The first-order valence-electron chi connectivity index (χ1n) is 10.2. The summed E-state index contributed by atoms with van der Waals surface area (Å²) in [6.45, 7) is 10.0. The van der Waals surface area contributed by atoms with E-state index >= 15 is 0 Å². The van der Waals surface area contributed by atoms with E-state index in [4.69, 9.17) is 11.6 Å². The van der Waals surface area contributed by atoms with Crippen molar-refractivity contribution in [3.63, 3.8) is 0 Å². The van der Waals surface area contributed by atoms with E-state index in [0.717, 1.165) is 16.8 Å². The molecule has 7 heteroatoms. The van der Waals surface area contributed by atoms with Gasteiger partial charge < -0.3 is 15.1 Å². The first-order chi connectivity index (χ1) is 13.9. The van der Waals surface area contributed by atoms with Gasteiger partial charge in [0.25, 0.3) is 0 Å². The Hall–Kier alpha value is -1.34. The number of nitrogens with zero attached hydrogens (tertiary/aromatic N) is 1. The molecule has 1 aliphatic heterocycles. The highest BCUT2D eigenvalue weighted by molar-refractivity contribution is 7.85. The van der Waals surface area contributed by atoms with Crippen LogP contribution in [0.4, 0.5) is 11.4 Å². The number of benzene rings is 2. The fourth-order valence-corrected chi connectivity index (χ4v) is 4.99. The van der Waals surface area contributed by atoms with Gasteiger partial charge in [0.05, 0.1) is 27.0 Å². The number of hydrogen-bond donors (Lipinski definition) is 2. The summed E-state index contributed by atoms with van der Waals surface area (Å²) < 4.78 is 13.2. The number of fused-ring (bicyclic) bond motifs is 1. The van der Waals surface area contributed by atoms with Crippen LogP contribution in [0.5, 0.6) is 0 Å². The lowest BCUT2D eigenvalue weighted by molar-refractivity contribution is -0.0236. The molecule has 0 aromatic heterocycles. The van der Waals surface area contributed by atoms with E-state index in [0.29, 0.717) is 22.8 Å². The molecule has 0 saturated heterocycles. The lowest BCUT2D eigenvalue weighted by Gasteiger charge is -2.37. The Kier molecular flexibility index (Phi) is 6.73. The van der Waals surface area contributed by atoms with Crippen molar-refractivity contribution in [3.05, 3.63) is 47.5 Å². The molecule has 1 heterocycles. The number of aliphatic hydroxyl groups is 2. The fourth-order valence-electron chi connectivity index (χ4n) is 3.37. The molecule has 0 spiro atoms. The Labute approximate surface area is 188 Å². The van der Waals surface area contributed by atoms with E-state index in [2.05, 4.69) is 4.90 Å².